The Balaban J connectivity index is 1.96. The van der Waals surface area contributed by atoms with Gasteiger partial charge in [0.05, 0.1) is 13.2 Å². The zero-order valence-electron chi connectivity index (χ0n) is 9.82. The predicted octanol–water partition coefficient (Wildman–Crippen LogP) is 1.51. The third kappa shape index (κ3) is 2.76. The Morgan fingerprint density at radius 1 is 1.35 bits per heavy atom. The minimum absolute atomic E-state index is 0.0249. The normalized spacial score (nSPS) is 31.2. The minimum atomic E-state index is -2.52. The van der Waals surface area contributed by atoms with Crippen LogP contribution in [0.5, 0.6) is 0 Å². The molecule has 0 heterocycles. The van der Waals surface area contributed by atoms with Crippen molar-refractivity contribution < 1.29 is 18.7 Å². The topological polar surface area (TPSA) is 40.5 Å². The molecule has 3 nitrogen and oxygen atoms in total. The first-order valence-electron chi connectivity index (χ1n) is 6.29. The molecule has 2 aliphatic rings. The third-order valence-corrected chi connectivity index (χ3v) is 4.10. The van der Waals surface area contributed by atoms with Crippen LogP contribution in [0.4, 0.5) is 8.78 Å². The second-order valence-corrected chi connectivity index (χ2v) is 5.18. The van der Waals surface area contributed by atoms with Crippen molar-refractivity contribution >= 4 is 5.91 Å². The van der Waals surface area contributed by atoms with Crippen LogP contribution in [-0.2, 0) is 4.79 Å². The Morgan fingerprint density at radius 3 is 2.59 bits per heavy atom. The lowest BCUT2D eigenvalue weighted by Crippen LogP contribution is -2.42. The summed E-state index contributed by atoms with van der Waals surface area (Å²) in [5.41, 5.74) is 0. The van der Waals surface area contributed by atoms with Crippen LogP contribution in [0.15, 0.2) is 0 Å². The predicted molar refractivity (Wildman–Crippen MR) is 58.6 cm³/mol. The molecule has 2 saturated carbocycles. The summed E-state index contributed by atoms with van der Waals surface area (Å²) in [5, 5.41) is 8.83. The fourth-order valence-electron chi connectivity index (χ4n) is 3.36. The largest absolute Gasteiger partial charge is 0.395 e. The summed E-state index contributed by atoms with van der Waals surface area (Å²) in [6.45, 7) is -0.774. The smallest absolute Gasteiger partial charge is 0.255 e. The summed E-state index contributed by atoms with van der Waals surface area (Å²) in [6, 6.07) is 0. The maximum absolute atomic E-state index is 12.4. The maximum atomic E-state index is 12.4. The number of carbonyl (C=O) groups is 1. The molecule has 17 heavy (non-hydrogen) atoms. The molecular formula is C12H19F2NO2. The minimum Gasteiger partial charge on any atom is -0.395 e. The molecule has 3 unspecified atom stereocenters. The number of fused-ring (bicyclic) bond motifs is 2. The van der Waals surface area contributed by atoms with Crippen molar-refractivity contribution in [3.8, 4) is 0 Å². The Labute approximate surface area is 99.8 Å². The summed E-state index contributed by atoms with van der Waals surface area (Å²) in [4.78, 5) is 13.3. The summed E-state index contributed by atoms with van der Waals surface area (Å²) in [6.07, 6.45) is 1.66. The lowest BCUT2D eigenvalue weighted by molar-refractivity contribution is -0.139. The number of alkyl halides is 2. The molecule has 5 heteroatoms. The van der Waals surface area contributed by atoms with Crippen LogP contribution in [0.1, 0.15) is 25.7 Å². The highest BCUT2D eigenvalue weighted by Crippen LogP contribution is 2.48. The van der Waals surface area contributed by atoms with Gasteiger partial charge < -0.3 is 10.0 Å². The third-order valence-electron chi connectivity index (χ3n) is 4.10. The van der Waals surface area contributed by atoms with Crippen LogP contribution in [0.2, 0.25) is 0 Å². The monoisotopic (exact) mass is 247 g/mol. The van der Waals surface area contributed by atoms with Crippen molar-refractivity contribution in [3.63, 3.8) is 0 Å². The van der Waals surface area contributed by atoms with Crippen molar-refractivity contribution in [2.45, 2.75) is 32.1 Å². The van der Waals surface area contributed by atoms with E-state index >= 15 is 0 Å². The molecule has 0 aromatic rings. The van der Waals surface area contributed by atoms with Gasteiger partial charge in [0.2, 0.25) is 5.91 Å². The summed E-state index contributed by atoms with van der Waals surface area (Å²) >= 11 is 0. The average molecular weight is 247 g/mol. The van der Waals surface area contributed by atoms with Crippen LogP contribution in [0.25, 0.3) is 0 Å². The first-order chi connectivity index (χ1) is 8.11. The zero-order valence-corrected chi connectivity index (χ0v) is 9.82. The number of aliphatic hydroxyl groups excluding tert-OH is 1. The number of carbonyl (C=O) groups excluding carboxylic acids is 1. The van der Waals surface area contributed by atoms with Crippen LogP contribution in [-0.4, -0.2) is 42.0 Å². The molecule has 0 radical (unpaired) electrons. The van der Waals surface area contributed by atoms with Gasteiger partial charge in [-0.2, -0.15) is 0 Å². The van der Waals surface area contributed by atoms with E-state index in [1.165, 1.54) is 6.42 Å². The highest BCUT2D eigenvalue weighted by molar-refractivity contribution is 5.79. The quantitative estimate of drug-likeness (QED) is 0.800. The molecule has 3 atom stereocenters. The molecule has 2 fully saturated rings. The number of hydrogen-bond acceptors (Lipinski definition) is 2. The second-order valence-electron chi connectivity index (χ2n) is 5.18. The fraction of sp³-hybridized carbons (Fsp3) is 0.917. The summed E-state index contributed by atoms with van der Waals surface area (Å²) < 4.78 is 24.7. The molecule has 0 aromatic carbocycles. The van der Waals surface area contributed by atoms with E-state index in [9.17, 15) is 13.6 Å². The van der Waals surface area contributed by atoms with Gasteiger partial charge in [0, 0.05) is 12.5 Å². The lowest BCUT2D eigenvalue weighted by atomic mass is 9.88. The van der Waals surface area contributed by atoms with E-state index in [1.807, 2.05) is 0 Å². The van der Waals surface area contributed by atoms with Crippen LogP contribution < -0.4 is 0 Å². The van der Waals surface area contributed by atoms with Crippen LogP contribution in [0.3, 0.4) is 0 Å². The van der Waals surface area contributed by atoms with Gasteiger partial charge in [-0.3, -0.25) is 4.79 Å². The number of aliphatic hydroxyl groups is 1. The molecule has 0 saturated heterocycles. The number of amides is 1. The van der Waals surface area contributed by atoms with Crippen molar-refractivity contribution in [2.75, 3.05) is 19.7 Å². The van der Waals surface area contributed by atoms with Crippen LogP contribution >= 0.6 is 0 Å². The Kier molecular flexibility index (Phi) is 3.97. The molecule has 0 aromatic heterocycles. The Bertz CT molecular complexity index is 286. The van der Waals surface area contributed by atoms with E-state index in [2.05, 4.69) is 0 Å². The number of halogens is 2. The molecule has 0 aliphatic heterocycles. The van der Waals surface area contributed by atoms with Gasteiger partial charge in [0.25, 0.3) is 6.43 Å². The first kappa shape index (κ1) is 12.7. The van der Waals surface area contributed by atoms with E-state index < -0.39 is 13.0 Å². The van der Waals surface area contributed by atoms with Crippen molar-refractivity contribution in [1.82, 2.24) is 4.90 Å². The number of rotatable bonds is 5. The summed E-state index contributed by atoms with van der Waals surface area (Å²) in [7, 11) is 0. The van der Waals surface area contributed by atoms with Crippen molar-refractivity contribution in [3.05, 3.63) is 0 Å². The highest BCUT2D eigenvalue weighted by Gasteiger charge is 2.44. The molecule has 2 rings (SSSR count). The second kappa shape index (κ2) is 5.29. The van der Waals surface area contributed by atoms with E-state index in [0.29, 0.717) is 11.8 Å². The van der Waals surface area contributed by atoms with E-state index in [4.69, 9.17) is 5.11 Å². The molecule has 1 amide bonds. The molecular weight excluding hydrogens is 228 g/mol. The molecule has 2 aliphatic carbocycles. The SMILES string of the molecule is O=C(C1CC2CCC1C2)N(CCO)CC(F)F. The first-order valence-corrected chi connectivity index (χ1v) is 6.29. The fourth-order valence-corrected chi connectivity index (χ4v) is 3.36. The van der Waals surface area contributed by atoms with Gasteiger partial charge >= 0.3 is 0 Å². The van der Waals surface area contributed by atoms with E-state index in [0.717, 1.165) is 24.2 Å². The Morgan fingerprint density at radius 2 is 2.12 bits per heavy atom. The lowest BCUT2D eigenvalue weighted by Gasteiger charge is -2.28. The number of hydrogen-bond donors (Lipinski definition) is 1. The standard InChI is InChI=1S/C12H19F2NO2/c13-11(14)7-15(3-4-16)12(17)10-6-8-1-2-9(10)5-8/h8-11,16H,1-7H2. The number of nitrogens with zero attached hydrogens (tertiary/aromatic N) is 1. The zero-order chi connectivity index (χ0) is 12.4. The van der Waals surface area contributed by atoms with Gasteiger partial charge in [-0.25, -0.2) is 8.78 Å². The molecule has 1 N–H and O–H groups in total. The summed E-state index contributed by atoms with van der Waals surface area (Å²) in [5.74, 6) is 0.772. The maximum Gasteiger partial charge on any atom is 0.255 e. The van der Waals surface area contributed by atoms with Gasteiger partial charge in [0.15, 0.2) is 0 Å². The Hall–Kier alpha value is -0.710. The van der Waals surface area contributed by atoms with Gasteiger partial charge in [-0.05, 0) is 31.1 Å². The van der Waals surface area contributed by atoms with Crippen molar-refractivity contribution in [1.29, 1.82) is 0 Å². The van der Waals surface area contributed by atoms with Crippen LogP contribution in [0, 0.1) is 17.8 Å². The van der Waals surface area contributed by atoms with E-state index in [-0.39, 0.29) is 25.0 Å². The van der Waals surface area contributed by atoms with Gasteiger partial charge in [-0.15, -0.1) is 0 Å². The molecule has 2 bridgehead atoms. The molecule has 98 valence electrons. The average Bonchev–Trinajstić information content (AvgIpc) is 2.88. The van der Waals surface area contributed by atoms with E-state index in [1.54, 1.807) is 0 Å². The molecule has 0 spiro atoms. The van der Waals surface area contributed by atoms with Gasteiger partial charge in [0.1, 0.15) is 0 Å². The highest BCUT2D eigenvalue weighted by atomic mass is 19.3. The van der Waals surface area contributed by atoms with Gasteiger partial charge in [-0.1, -0.05) is 6.42 Å². The van der Waals surface area contributed by atoms with Crippen molar-refractivity contribution in [2.24, 2.45) is 17.8 Å².